The lowest BCUT2D eigenvalue weighted by molar-refractivity contribution is -0.115. The smallest absolute Gasteiger partial charge is 0.288 e. The van der Waals surface area contributed by atoms with Crippen molar-refractivity contribution in [3.05, 3.63) is 48.0 Å². The van der Waals surface area contributed by atoms with Gasteiger partial charge in [0.1, 0.15) is 0 Å². The minimum Gasteiger partial charge on any atom is -0.376 e. The minimum atomic E-state index is -2.56. The van der Waals surface area contributed by atoms with E-state index in [0.29, 0.717) is 33.7 Å². The van der Waals surface area contributed by atoms with Crippen LogP contribution in [-0.2, 0) is 9.59 Å². The maximum absolute atomic E-state index is 12.6. The summed E-state index contributed by atoms with van der Waals surface area (Å²) in [5.74, 6) is -3.11. The molecule has 0 bridgehead atoms. The zero-order valence-electron chi connectivity index (χ0n) is 14.3. The average Bonchev–Trinajstić information content (AvgIpc) is 2.56. The summed E-state index contributed by atoms with van der Waals surface area (Å²) in [6.07, 6.45) is 0. The van der Waals surface area contributed by atoms with E-state index in [-0.39, 0.29) is 18.4 Å². The number of hydrogen-bond donors (Lipinski definition) is 3. The molecule has 0 spiro atoms. The molecule has 8 heteroatoms. The fraction of sp³-hybridized carbons (Fsp3) is 0.222. The molecule has 2 rings (SSSR count). The van der Waals surface area contributed by atoms with E-state index >= 15 is 0 Å². The van der Waals surface area contributed by atoms with E-state index in [0.717, 1.165) is 5.56 Å². The van der Waals surface area contributed by atoms with Crippen molar-refractivity contribution >= 4 is 40.6 Å². The summed E-state index contributed by atoms with van der Waals surface area (Å²) in [5, 5.41) is 8.33. The highest BCUT2D eigenvalue weighted by atomic mass is 32.2. The third kappa shape index (κ3) is 5.73. The summed E-state index contributed by atoms with van der Waals surface area (Å²) in [6.45, 7) is 3.19. The second-order valence-electron chi connectivity index (χ2n) is 5.44. The number of carbonyl (C=O) groups is 2. The van der Waals surface area contributed by atoms with Gasteiger partial charge >= 0.3 is 0 Å². The van der Waals surface area contributed by atoms with Crippen LogP contribution in [-0.4, -0.2) is 24.1 Å². The molecule has 0 fully saturated rings. The van der Waals surface area contributed by atoms with Gasteiger partial charge < -0.3 is 16.0 Å². The number of carbonyl (C=O) groups excluding carboxylic acids is 2. The summed E-state index contributed by atoms with van der Waals surface area (Å²) in [4.78, 5) is 23.7. The molecule has 0 aliphatic rings. The third-order valence-electron chi connectivity index (χ3n) is 3.46. The van der Waals surface area contributed by atoms with E-state index in [1.54, 1.807) is 36.4 Å². The predicted molar refractivity (Wildman–Crippen MR) is 101 cm³/mol. The lowest BCUT2D eigenvalue weighted by atomic mass is 10.1. The molecule has 138 valence electrons. The van der Waals surface area contributed by atoms with Crippen molar-refractivity contribution in [1.82, 2.24) is 0 Å². The number of rotatable bonds is 7. The number of para-hydroxylation sites is 1. The van der Waals surface area contributed by atoms with Crippen LogP contribution in [0.5, 0.6) is 0 Å². The van der Waals surface area contributed by atoms with Crippen LogP contribution in [0.15, 0.2) is 47.4 Å². The second kappa shape index (κ2) is 9.19. The van der Waals surface area contributed by atoms with Crippen LogP contribution in [0, 0.1) is 6.92 Å². The van der Waals surface area contributed by atoms with E-state index in [2.05, 4.69) is 16.0 Å². The molecule has 0 aromatic heterocycles. The Balaban J connectivity index is 2.01. The van der Waals surface area contributed by atoms with Crippen molar-refractivity contribution in [2.24, 2.45) is 0 Å². The molecule has 2 aromatic carbocycles. The van der Waals surface area contributed by atoms with Crippen molar-refractivity contribution in [1.29, 1.82) is 0 Å². The van der Waals surface area contributed by atoms with E-state index < -0.39 is 5.76 Å². The molecular weight excluding hydrogens is 360 g/mol. The maximum atomic E-state index is 12.6. The van der Waals surface area contributed by atoms with Crippen LogP contribution >= 0.6 is 11.8 Å². The Hall–Kier alpha value is -2.61. The highest BCUT2D eigenvalue weighted by Gasteiger charge is 2.12. The molecule has 0 radical (unpaired) electrons. The van der Waals surface area contributed by atoms with E-state index in [1.807, 2.05) is 6.92 Å². The van der Waals surface area contributed by atoms with Gasteiger partial charge in [-0.3, -0.25) is 9.59 Å². The SMILES string of the molecule is CC(=O)Nc1cccc(NCC(=O)Nc2ccccc2SC(F)F)c1C. The van der Waals surface area contributed by atoms with Crippen molar-refractivity contribution in [2.45, 2.75) is 24.5 Å². The molecular formula is C18H19F2N3O2S. The fourth-order valence-electron chi connectivity index (χ4n) is 2.29. The van der Waals surface area contributed by atoms with Gasteiger partial charge in [-0.15, -0.1) is 0 Å². The van der Waals surface area contributed by atoms with Crippen LogP contribution in [0.25, 0.3) is 0 Å². The summed E-state index contributed by atoms with van der Waals surface area (Å²) < 4.78 is 25.2. The number of nitrogens with one attached hydrogen (secondary N) is 3. The van der Waals surface area contributed by atoms with Crippen LogP contribution in [0.3, 0.4) is 0 Å². The van der Waals surface area contributed by atoms with Crippen LogP contribution in [0.4, 0.5) is 25.8 Å². The van der Waals surface area contributed by atoms with Gasteiger partial charge in [0, 0.05) is 23.2 Å². The van der Waals surface area contributed by atoms with E-state index in [9.17, 15) is 18.4 Å². The summed E-state index contributed by atoms with van der Waals surface area (Å²) >= 11 is 0.383. The van der Waals surface area contributed by atoms with Crippen molar-refractivity contribution < 1.29 is 18.4 Å². The first-order chi connectivity index (χ1) is 12.4. The Morgan fingerprint density at radius 1 is 1.00 bits per heavy atom. The zero-order valence-corrected chi connectivity index (χ0v) is 15.1. The molecule has 26 heavy (non-hydrogen) atoms. The molecule has 5 nitrogen and oxygen atoms in total. The summed E-state index contributed by atoms with van der Waals surface area (Å²) in [6, 6.07) is 11.7. The highest BCUT2D eigenvalue weighted by Crippen LogP contribution is 2.31. The van der Waals surface area contributed by atoms with Gasteiger partial charge in [-0.05, 0) is 36.8 Å². The Bertz CT molecular complexity index is 800. The number of thioether (sulfide) groups is 1. The molecule has 0 aliphatic heterocycles. The largest absolute Gasteiger partial charge is 0.376 e. The first-order valence-corrected chi connectivity index (χ1v) is 8.69. The number of halogens is 2. The standard InChI is InChI=1S/C18H19F2N3O2S/c1-11-13(7-5-8-14(11)22-12(2)24)21-10-17(25)23-15-6-3-4-9-16(15)26-18(19)20/h3-9,18,21H,10H2,1-2H3,(H,22,24)(H,23,25). The summed E-state index contributed by atoms with van der Waals surface area (Å²) in [5.41, 5.74) is 2.49. The molecule has 0 atom stereocenters. The zero-order chi connectivity index (χ0) is 19.1. The molecule has 0 saturated heterocycles. The van der Waals surface area contributed by atoms with E-state index in [4.69, 9.17) is 0 Å². The molecule has 0 heterocycles. The second-order valence-corrected chi connectivity index (χ2v) is 6.47. The quantitative estimate of drug-likeness (QED) is 0.627. The van der Waals surface area contributed by atoms with Gasteiger partial charge in [-0.1, -0.05) is 30.0 Å². The normalized spacial score (nSPS) is 10.5. The minimum absolute atomic E-state index is 0.0436. The number of alkyl halides is 2. The van der Waals surface area contributed by atoms with Crippen molar-refractivity contribution in [2.75, 3.05) is 22.5 Å². The lowest BCUT2D eigenvalue weighted by Crippen LogP contribution is -2.22. The molecule has 0 aliphatic carbocycles. The van der Waals surface area contributed by atoms with Crippen LogP contribution in [0.1, 0.15) is 12.5 Å². The third-order valence-corrected chi connectivity index (χ3v) is 4.25. The first-order valence-electron chi connectivity index (χ1n) is 7.81. The van der Waals surface area contributed by atoms with Gasteiger partial charge in [0.15, 0.2) is 0 Å². The Morgan fingerprint density at radius 3 is 2.35 bits per heavy atom. The molecule has 2 aromatic rings. The lowest BCUT2D eigenvalue weighted by Gasteiger charge is -2.14. The molecule has 2 amide bonds. The summed E-state index contributed by atoms with van der Waals surface area (Å²) in [7, 11) is 0. The highest BCUT2D eigenvalue weighted by molar-refractivity contribution is 7.99. The van der Waals surface area contributed by atoms with E-state index in [1.165, 1.54) is 13.0 Å². The van der Waals surface area contributed by atoms with Crippen molar-refractivity contribution in [3.8, 4) is 0 Å². The first kappa shape index (κ1) is 19.7. The number of hydrogen-bond acceptors (Lipinski definition) is 4. The van der Waals surface area contributed by atoms with Crippen LogP contribution in [0.2, 0.25) is 0 Å². The predicted octanol–water partition coefficient (Wildman–Crippen LogP) is 4.32. The number of amides is 2. The maximum Gasteiger partial charge on any atom is 0.288 e. The Kier molecular flexibility index (Phi) is 6.97. The van der Waals surface area contributed by atoms with Gasteiger partial charge in [0.05, 0.1) is 12.2 Å². The number of anilines is 3. The fourth-order valence-corrected chi connectivity index (χ4v) is 2.89. The average molecular weight is 379 g/mol. The van der Waals surface area contributed by atoms with Gasteiger partial charge in [-0.25, -0.2) is 0 Å². The Labute approximate surface area is 154 Å². The molecule has 0 saturated carbocycles. The van der Waals surface area contributed by atoms with Crippen LogP contribution < -0.4 is 16.0 Å². The van der Waals surface area contributed by atoms with Crippen molar-refractivity contribution in [3.63, 3.8) is 0 Å². The van der Waals surface area contributed by atoms with Gasteiger partial charge in [0.2, 0.25) is 11.8 Å². The van der Waals surface area contributed by atoms with Gasteiger partial charge in [0.25, 0.3) is 5.76 Å². The monoisotopic (exact) mass is 379 g/mol. The number of benzene rings is 2. The Morgan fingerprint density at radius 2 is 1.65 bits per heavy atom. The molecule has 3 N–H and O–H groups in total. The molecule has 0 unspecified atom stereocenters. The van der Waals surface area contributed by atoms with Gasteiger partial charge in [-0.2, -0.15) is 8.78 Å². The topological polar surface area (TPSA) is 70.2 Å².